The molecule has 0 aromatic carbocycles. The van der Waals surface area contributed by atoms with Gasteiger partial charge in [0.2, 0.25) is 0 Å². The molecule has 1 rings (SSSR count). The Morgan fingerprint density at radius 2 is 2.20 bits per heavy atom. The Kier molecular flexibility index (Phi) is 3.22. The van der Waals surface area contributed by atoms with Gasteiger partial charge in [-0.15, -0.1) is 0 Å². The third-order valence-electron chi connectivity index (χ3n) is 1.63. The predicted molar refractivity (Wildman–Crippen MR) is 51.2 cm³/mol. The number of nitrogens with zero attached hydrogens (tertiary/aromatic N) is 1. The minimum atomic E-state index is -1.21. The molecule has 80 valence electrons. The monoisotopic (exact) mass is 210 g/mol. The standard InChI is InChI=1S/C9H10N2O4/c1-5(8(12)13)15-9(14)7-3-2-6(10)4-11-7/h2-5H,10H2,1H3,(H,12,13). The number of rotatable bonds is 3. The first kappa shape index (κ1) is 11.0. The molecule has 6 nitrogen and oxygen atoms in total. The van der Waals surface area contributed by atoms with Gasteiger partial charge in [-0.25, -0.2) is 14.6 Å². The van der Waals surface area contributed by atoms with Gasteiger partial charge < -0.3 is 15.6 Å². The number of anilines is 1. The van der Waals surface area contributed by atoms with Crippen LogP contribution in [0.5, 0.6) is 0 Å². The van der Waals surface area contributed by atoms with Gasteiger partial charge in [0, 0.05) is 0 Å². The highest BCUT2D eigenvalue weighted by Gasteiger charge is 2.18. The second-order valence-corrected chi connectivity index (χ2v) is 2.86. The molecule has 0 saturated heterocycles. The van der Waals surface area contributed by atoms with Crippen molar-refractivity contribution in [1.82, 2.24) is 4.98 Å². The lowest BCUT2D eigenvalue weighted by Gasteiger charge is -2.07. The molecule has 0 amide bonds. The van der Waals surface area contributed by atoms with E-state index in [-0.39, 0.29) is 5.69 Å². The van der Waals surface area contributed by atoms with Gasteiger partial charge in [0.05, 0.1) is 11.9 Å². The van der Waals surface area contributed by atoms with Crippen LogP contribution < -0.4 is 5.73 Å². The lowest BCUT2D eigenvalue weighted by atomic mass is 10.3. The molecule has 0 bridgehead atoms. The predicted octanol–water partition coefficient (Wildman–Crippen LogP) is 0.294. The topological polar surface area (TPSA) is 103 Å². The number of carboxylic acids is 1. The van der Waals surface area contributed by atoms with Crippen molar-refractivity contribution in [1.29, 1.82) is 0 Å². The Morgan fingerprint density at radius 3 is 2.67 bits per heavy atom. The number of carbonyl (C=O) groups excluding carboxylic acids is 1. The summed E-state index contributed by atoms with van der Waals surface area (Å²) in [5, 5.41) is 8.50. The summed E-state index contributed by atoms with van der Waals surface area (Å²) in [4.78, 5) is 25.4. The Hall–Kier alpha value is -2.11. The van der Waals surface area contributed by atoms with Crippen molar-refractivity contribution in [2.24, 2.45) is 0 Å². The number of hydrogen-bond acceptors (Lipinski definition) is 5. The summed E-state index contributed by atoms with van der Waals surface area (Å²) in [5.41, 5.74) is 5.81. The number of carbonyl (C=O) groups is 2. The maximum absolute atomic E-state index is 11.3. The molecule has 15 heavy (non-hydrogen) atoms. The lowest BCUT2D eigenvalue weighted by Crippen LogP contribution is -2.24. The van der Waals surface area contributed by atoms with Crippen LogP contribution in [0.1, 0.15) is 17.4 Å². The van der Waals surface area contributed by atoms with E-state index in [4.69, 9.17) is 10.8 Å². The van der Waals surface area contributed by atoms with Gasteiger partial charge in [-0.05, 0) is 19.1 Å². The number of aliphatic carboxylic acids is 1. The fraction of sp³-hybridized carbons (Fsp3) is 0.222. The first-order valence-electron chi connectivity index (χ1n) is 4.16. The summed E-state index contributed by atoms with van der Waals surface area (Å²) in [6.45, 7) is 1.26. The van der Waals surface area contributed by atoms with Crippen LogP contribution in [0, 0.1) is 0 Å². The van der Waals surface area contributed by atoms with E-state index < -0.39 is 18.0 Å². The highest BCUT2D eigenvalue weighted by molar-refractivity contribution is 5.89. The Balaban J connectivity index is 2.69. The van der Waals surface area contributed by atoms with Gasteiger partial charge in [-0.1, -0.05) is 0 Å². The molecule has 6 heteroatoms. The zero-order valence-electron chi connectivity index (χ0n) is 8.01. The molecule has 0 saturated carbocycles. The largest absolute Gasteiger partial charge is 0.479 e. The normalized spacial score (nSPS) is 11.8. The fourth-order valence-corrected chi connectivity index (χ4v) is 0.797. The van der Waals surface area contributed by atoms with Gasteiger partial charge >= 0.3 is 11.9 Å². The Bertz CT molecular complexity index is 374. The molecule has 0 aliphatic heterocycles. The number of carboxylic acid groups (broad SMARTS) is 1. The quantitative estimate of drug-likeness (QED) is 0.695. The molecule has 0 spiro atoms. The summed E-state index contributed by atoms with van der Waals surface area (Å²) in [6.07, 6.45) is 0.0963. The van der Waals surface area contributed by atoms with Gasteiger partial charge in [-0.2, -0.15) is 0 Å². The van der Waals surface area contributed by atoms with E-state index in [1.54, 1.807) is 0 Å². The molecule has 1 heterocycles. The third kappa shape index (κ3) is 2.94. The molecule has 1 aromatic rings. The molecule has 0 aliphatic carbocycles. The van der Waals surface area contributed by atoms with Crippen LogP contribution in [0.25, 0.3) is 0 Å². The van der Waals surface area contributed by atoms with Crippen LogP contribution in [0.4, 0.5) is 5.69 Å². The maximum Gasteiger partial charge on any atom is 0.357 e. The van der Waals surface area contributed by atoms with Crippen LogP contribution in [-0.2, 0) is 9.53 Å². The second kappa shape index (κ2) is 4.41. The highest BCUT2D eigenvalue weighted by Crippen LogP contribution is 2.04. The lowest BCUT2D eigenvalue weighted by molar-refractivity contribution is -0.146. The summed E-state index contributed by atoms with van der Waals surface area (Å²) in [7, 11) is 0. The van der Waals surface area contributed by atoms with Gasteiger partial charge in [-0.3, -0.25) is 0 Å². The first-order valence-corrected chi connectivity index (χ1v) is 4.16. The zero-order valence-corrected chi connectivity index (χ0v) is 8.01. The van der Waals surface area contributed by atoms with Crippen molar-refractivity contribution < 1.29 is 19.4 Å². The summed E-state index contributed by atoms with van der Waals surface area (Å²) in [6, 6.07) is 2.85. The number of ether oxygens (including phenoxy) is 1. The van der Waals surface area contributed by atoms with Crippen molar-refractivity contribution in [3.63, 3.8) is 0 Å². The van der Waals surface area contributed by atoms with E-state index in [1.165, 1.54) is 25.3 Å². The fourth-order valence-electron chi connectivity index (χ4n) is 0.797. The molecular formula is C9H10N2O4. The minimum Gasteiger partial charge on any atom is -0.479 e. The first-order chi connectivity index (χ1) is 7.00. The number of nitrogens with two attached hydrogens (primary N) is 1. The molecular weight excluding hydrogens is 200 g/mol. The molecule has 1 aromatic heterocycles. The maximum atomic E-state index is 11.3. The van der Waals surface area contributed by atoms with Crippen LogP contribution in [-0.4, -0.2) is 28.1 Å². The van der Waals surface area contributed by atoms with Crippen LogP contribution in [0.2, 0.25) is 0 Å². The summed E-state index contributed by atoms with van der Waals surface area (Å²) in [5.74, 6) is -2.00. The Morgan fingerprint density at radius 1 is 1.53 bits per heavy atom. The van der Waals surface area contributed by atoms with E-state index in [1.807, 2.05) is 0 Å². The number of esters is 1. The SMILES string of the molecule is CC(OC(=O)c1ccc(N)cn1)C(=O)O. The number of aromatic nitrogens is 1. The third-order valence-corrected chi connectivity index (χ3v) is 1.63. The molecule has 0 fully saturated rings. The number of pyridine rings is 1. The highest BCUT2D eigenvalue weighted by atomic mass is 16.6. The minimum absolute atomic E-state index is 0.0253. The van der Waals surface area contributed by atoms with Crippen molar-refractivity contribution in [3.05, 3.63) is 24.0 Å². The van der Waals surface area contributed by atoms with Gasteiger partial charge in [0.1, 0.15) is 5.69 Å². The van der Waals surface area contributed by atoms with Crippen molar-refractivity contribution in [2.45, 2.75) is 13.0 Å². The molecule has 1 atom stereocenters. The Labute approximate surface area is 85.7 Å². The number of nitrogen functional groups attached to an aromatic ring is 1. The van der Waals surface area contributed by atoms with E-state index in [2.05, 4.69) is 9.72 Å². The average Bonchev–Trinajstić information content (AvgIpc) is 2.18. The van der Waals surface area contributed by atoms with Gasteiger partial charge in [0.25, 0.3) is 0 Å². The van der Waals surface area contributed by atoms with E-state index >= 15 is 0 Å². The molecule has 0 radical (unpaired) electrons. The van der Waals surface area contributed by atoms with Crippen molar-refractivity contribution in [3.8, 4) is 0 Å². The van der Waals surface area contributed by atoms with Gasteiger partial charge in [0.15, 0.2) is 6.10 Å². The van der Waals surface area contributed by atoms with Crippen LogP contribution in [0.15, 0.2) is 18.3 Å². The molecule has 1 unspecified atom stereocenters. The smallest absolute Gasteiger partial charge is 0.357 e. The van der Waals surface area contributed by atoms with E-state index in [9.17, 15) is 9.59 Å². The van der Waals surface area contributed by atoms with Crippen LogP contribution in [0.3, 0.4) is 0 Å². The molecule has 0 aliphatic rings. The van der Waals surface area contributed by atoms with Crippen molar-refractivity contribution >= 4 is 17.6 Å². The average molecular weight is 210 g/mol. The number of hydrogen-bond donors (Lipinski definition) is 2. The summed E-state index contributed by atoms with van der Waals surface area (Å²) >= 11 is 0. The summed E-state index contributed by atoms with van der Waals surface area (Å²) < 4.78 is 4.60. The van der Waals surface area contributed by atoms with Crippen LogP contribution >= 0.6 is 0 Å². The van der Waals surface area contributed by atoms with E-state index in [0.29, 0.717) is 5.69 Å². The second-order valence-electron chi connectivity index (χ2n) is 2.86. The van der Waals surface area contributed by atoms with E-state index in [0.717, 1.165) is 0 Å². The van der Waals surface area contributed by atoms with Crippen molar-refractivity contribution in [2.75, 3.05) is 5.73 Å². The molecule has 3 N–H and O–H groups in total. The zero-order chi connectivity index (χ0) is 11.4.